The number of nitrogens with zero attached hydrogens (tertiary/aromatic N) is 1. The molecule has 6 heteroatoms. The molecule has 19 heavy (non-hydrogen) atoms. The van der Waals surface area contributed by atoms with Crippen LogP contribution in [0.2, 0.25) is 0 Å². The number of hydrogen-bond acceptors (Lipinski definition) is 4. The third-order valence-corrected chi connectivity index (χ3v) is 4.40. The van der Waals surface area contributed by atoms with Crippen LogP contribution in [0.25, 0.3) is 0 Å². The van der Waals surface area contributed by atoms with E-state index in [0.29, 0.717) is 31.9 Å². The third kappa shape index (κ3) is 4.33. The van der Waals surface area contributed by atoms with Crippen molar-refractivity contribution in [3.05, 3.63) is 35.9 Å². The van der Waals surface area contributed by atoms with Crippen molar-refractivity contribution in [2.45, 2.75) is 5.75 Å². The van der Waals surface area contributed by atoms with Crippen molar-refractivity contribution in [2.75, 3.05) is 32.1 Å². The molecule has 104 valence electrons. The van der Waals surface area contributed by atoms with E-state index >= 15 is 0 Å². The molecule has 0 N–H and O–H groups in total. The van der Waals surface area contributed by atoms with E-state index in [1.54, 1.807) is 29.2 Å². The molecule has 1 amide bonds. The summed E-state index contributed by atoms with van der Waals surface area (Å²) in [5, 5.41) is 0. The molecule has 0 aliphatic carbocycles. The number of rotatable bonds is 4. The summed E-state index contributed by atoms with van der Waals surface area (Å²) in [6.07, 6.45) is 0. The van der Waals surface area contributed by atoms with Gasteiger partial charge in [-0.25, -0.2) is 8.42 Å². The molecule has 0 aromatic heterocycles. The zero-order valence-corrected chi connectivity index (χ0v) is 11.4. The molecule has 1 aliphatic rings. The number of hydrogen-bond donors (Lipinski definition) is 0. The van der Waals surface area contributed by atoms with Crippen LogP contribution in [0.3, 0.4) is 0 Å². The molecular weight excluding hydrogens is 266 g/mol. The van der Waals surface area contributed by atoms with E-state index in [1.807, 2.05) is 6.07 Å². The largest absolute Gasteiger partial charge is 0.378 e. The Labute approximate surface area is 113 Å². The maximum absolute atomic E-state index is 12.0. The monoisotopic (exact) mass is 283 g/mol. The van der Waals surface area contributed by atoms with Crippen LogP contribution in [0.15, 0.2) is 30.3 Å². The van der Waals surface area contributed by atoms with Crippen LogP contribution in [0.1, 0.15) is 5.56 Å². The van der Waals surface area contributed by atoms with Crippen molar-refractivity contribution < 1.29 is 17.9 Å². The lowest BCUT2D eigenvalue weighted by molar-refractivity contribution is -0.132. The van der Waals surface area contributed by atoms with Gasteiger partial charge in [0.15, 0.2) is 9.84 Å². The first kappa shape index (κ1) is 14.0. The molecule has 0 saturated carbocycles. The van der Waals surface area contributed by atoms with E-state index in [9.17, 15) is 13.2 Å². The second-order valence-corrected chi connectivity index (χ2v) is 6.58. The van der Waals surface area contributed by atoms with Gasteiger partial charge in [-0.1, -0.05) is 30.3 Å². The fourth-order valence-corrected chi connectivity index (χ4v) is 3.33. The smallest absolute Gasteiger partial charge is 0.237 e. The van der Waals surface area contributed by atoms with Crippen molar-refractivity contribution in [1.82, 2.24) is 4.90 Å². The van der Waals surface area contributed by atoms with Crippen molar-refractivity contribution in [1.29, 1.82) is 0 Å². The predicted octanol–water partition coefficient (Wildman–Crippen LogP) is 0.460. The molecule has 1 fully saturated rings. The molecule has 1 aliphatic heterocycles. The number of amides is 1. The average Bonchev–Trinajstić information content (AvgIpc) is 2.39. The number of ether oxygens (including phenoxy) is 1. The van der Waals surface area contributed by atoms with Gasteiger partial charge in [-0.05, 0) is 5.56 Å². The minimum Gasteiger partial charge on any atom is -0.378 e. The molecule has 2 rings (SSSR count). The van der Waals surface area contributed by atoms with Gasteiger partial charge in [0.2, 0.25) is 5.91 Å². The van der Waals surface area contributed by atoms with Gasteiger partial charge in [0.25, 0.3) is 0 Å². The Morgan fingerprint density at radius 3 is 2.42 bits per heavy atom. The van der Waals surface area contributed by atoms with Gasteiger partial charge in [-0.15, -0.1) is 0 Å². The number of carbonyl (C=O) groups is 1. The molecule has 1 aromatic rings. The quantitative estimate of drug-likeness (QED) is 0.805. The highest BCUT2D eigenvalue weighted by atomic mass is 32.2. The molecule has 1 heterocycles. The Morgan fingerprint density at radius 1 is 1.16 bits per heavy atom. The molecule has 0 atom stereocenters. The van der Waals surface area contributed by atoms with Gasteiger partial charge in [0.05, 0.1) is 19.0 Å². The zero-order valence-electron chi connectivity index (χ0n) is 10.6. The van der Waals surface area contributed by atoms with E-state index < -0.39 is 15.6 Å². The maximum atomic E-state index is 12.0. The molecule has 1 aromatic carbocycles. The minimum absolute atomic E-state index is 0.0933. The van der Waals surface area contributed by atoms with E-state index in [-0.39, 0.29) is 11.7 Å². The van der Waals surface area contributed by atoms with Crippen molar-refractivity contribution in [2.24, 2.45) is 0 Å². The Morgan fingerprint density at radius 2 is 1.79 bits per heavy atom. The van der Waals surface area contributed by atoms with Crippen LogP contribution >= 0.6 is 0 Å². The Bertz CT molecular complexity index is 521. The summed E-state index contributed by atoms with van der Waals surface area (Å²) >= 11 is 0. The summed E-state index contributed by atoms with van der Waals surface area (Å²) in [6.45, 7) is 1.90. The SMILES string of the molecule is O=C(CS(=O)(=O)Cc1ccccc1)N1CCOCC1. The van der Waals surface area contributed by atoms with Gasteiger partial charge < -0.3 is 9.64 Å². The van der Waals surface area contributed by atoms with Crippen molar-refractivity contribution in [3.8, 4) is 0 Å². The van der Waals surface area contributed by atoms with Gasteiger partial charge in [-0.3, -0.25) is 4.79 Å². The van der Waals surface area contributed by atoms with Crippen LogP contribution in [-0.4, -0.2) is 51.3 Å². The summed E-state index contributed by atoms with van der Waals surface area (Å²) < 4.78 is 29.1. The Hall–Kier alpha value is -1.40. The van der Waals surface area contributed by atoms with Crippen LogP contribution in [0.5, 0.6) is 0 Å². The first-order valence-corrected chi connectivity index (χ1v) is 7.99. The highest BCUT2D eigenvalue weighted by Gasteiger charge is 2.23. The molecular formula is C13H17NO4S. The van der Waals surface area contributed by atoms with Crippen molar-refractivity contribution >= 4 is 15.7 Å². The van der Waals surface area contributed by atoms with Crippen molar-refractivity contribution in [3.63, 3.8) is 0 Å². The van der Waals surface area contributed by atoms with E-state index in [4.69, 9.17) is 4.74 Å². The summed E-state index contributed by atoms with van der Waals surface area (Å²) in [5.41, 5.74) is 0.706. The van der Waals surface area contributed by atoms with E-state index in [1.165, 1.54) is 0 Å². The molecule has 0 bridgehead atoms. The van der Waals surface area contributed by atoms with E-state index in [0.717, 1.165) is 0 Å². The Balaban J connectivity index is 1.95. The maximum Gasteiger partial charge on any atom is 0.237 e. The number of carbonyl (C=O) groups excluding carboxylic acids is 1. The second kappa shape index (κ2) is 6.16. The molecule has 0 radical (unpaired) electrons. The number of morpholine rings is 1. The molecule has 1 saturated heterocycles. The minimum atomic E-state index is -3.42. The van der Waals surface area contributed by atoms with E-state index in [2.05, 4.69) is 0 Å². The van der Waals surface area contributed by atoms with Gasteiger partial charge >= 0.3 is 0 Å². The fourth-order valence-electron chi connectivity index (χ4n) is 1.97. The first-order valence-electron chi connectivity index (χ1n) is 6.17. The highest BCUT2D eigenvalue weighted by Crippen LogP contribution is 2.08. The van der Waals surface area contributed by atoms with Gasteiger partial charge in [-0.2, -0.15) is 0 Å². The third-order valence-electron chi connectivity index (χ3n) is 2.94. The van der Waals surface area contributed by atoms with Crippen LogP contribution in [0, 0.1) is 0 Å². The lowest BCUT2D eigenvalue weighted by Crippen LogP contribution is -2.43. The summed E-state index contributed by atoms with van der Waals surface area (Å²) in [5.74, 6) is -0.856. The highest BCUT2D eigenvalue weighted by molar-refractivity contribution is 7.91. The second-order valence-electron chi connectivity index (χ2n) is 4.51. The number of benzene rings is 1. The zero-order chi connectivity index (χ0) is 13.7. The summed E-state index contributed by atoms with van der Waals surface area (Å²) in [7, 11) is -3.42. The topological polar surface area (TPSA) is 63.7 Å². The Kier molecular flexibility index (Phi) is 4.55. The van der Waals surface area contributed by atoms with Crippen LogP contribution in [-0.2, 0) is 25.1 Å². The fraction of sp³-hybridized carbons (Fsp3) is 0.462. The average molecular weight is 283 g/mol. The summed E-state index contributed by atoms with van der Waals surface area (Å²) in [6, 6.07) is 8.89. The van der Waals surface area contributed by atoms with Crippen LogP contribution in [0.4, 0.5) is 0 Å². The van der Waals surface area contributed by atoms with Gasteiger partial charge in [0, 0.05) is 13.1 Å². The van der Waals surface area contributed by atoms with Gasteiger partial charge in [0.1, 0.15) is 5.75 Å². The molecule has 0 spiro atoms. The normalized spacial score (nSPS) is 16.3. The lowest BCUT2D eigenvalue weighted by atomic mass is 10.2. The predicted molar refractivity (Wildman–Crippen MR) is 71.3 cm³/mol. The summed E-state index contributed by atoms with van der Waals surface area (Å²) in [4.78, 5) is 13.4. The molecule has 0 unspecified atom stereocenters. The first-order chi connectivity index (χ1) is 9.07. The standard InChI is InChI=1S/C13H17NO4S/c15-13(14-6-8-18-9-7-14)11-19(16,17)10-12-4-2-1-3-5-12/h1-5H,6-11H2. The lowest BCUT2D eigenvalue weighted by Gasteiger charge is -2.26. The van der Waals surface area contributed by atoms with Crippen LogP contribution < -0.4 is 0 Å². The molecule has 5 nitrogen and oxygen atoms in total. The number of sulfone groups is 1.